The van der Waals surface area contributed by atoms with Gasteiger partial charge in [-0.15, -0.1) is 0 Å². The van der Waals surface area contributed by atoms with Gasteiger partial charge < -0.3 is 16.0 Å². The Hall–Kier alpha value is -2.11. The number of hydrogen-bond donors (Lipinski definition) is 2. The SMILES string of the molecule is Nc1ccc(CC(=O)NCCC(=O)N2CCCC2)nc1. The Labute approximate surface area is 118 Å². The third-order valence-corrected chi connectivity index (χ3v) is 3.31. The number of carbonyl (C=O) groups excluding carboxylic acids is 2. The molecule has 6 heteroatoms. The highest BCUT2D eigenvalue weighted by atomic mass is 16.2. The third kappa shape index (κ3) is 4.22. The number of nitrogens with two attached hydrogens (primary N) is 1. The Morgan fingerprint density at radius 1 is 1.30 bits per heavy atom. The second kappa shape index (κ2) is 6.88. The summed E-state index contributed by atoms with van der Waals surface area (Å²) in [6.45, 7) is 2.08. The van der Waals surface area contributed by atoms with E-state index >= 15 is 0 Å². The zero-order valence-electron chi connectivity index (χ0n) is 11.5. The topological polar surface area (TPSA) is 88.3 Å². The van der Waals surface area contributed by atoms with E-state index in [1.165, 1.54) is 6.20 Å². The van der Waals surface area contributed by atoms with Gasteiger partial charge in [-0.05, 0) is 25.0 Å². The number of pyridine rings is 1. The van der Waals surface area contributed by atoms with Crippen molar-refractivity contribution in [2.45, 2.75) is 25.7 Å². The van der Waals surface area contributed by atoms with Crippen molar-refractivity contribution in [2.24, 2.45) is 0 Å². The third-order valence-electron chi connectivity index (χ3n) is 3.31. The van der Waals surface area contributed by atoms with Crippen molar-refractivity contribution in [1.82, 2.24) is 15.2 Å². The van der Waals surface area contributed by atoms with Crippen LogP contribution in [0.5, 0.6) is 0 Å². The summed E-state index contributed by atoms with van der Waals surface area (Å²) in [5.74, 6) is -0.00935. The first-order valence-corrected chi connectivity index (χ1v) is 6.90. The number of rotatable bonds is 5. The fraction of sp³-hybridized carbons (Fsp3) is 0.500. The van der Waals surface area contributed by atoms with Crippen molar-refractivity contribution in [3.63, 3.8) is 0 Å². The molecule has 1 aliphatic rings. The molecule has 1 aromatic rings. The average molecular weight is 276 g/mol. The maximum absolute atomic E-state index is 11.8. The van der Waals surface area contributed by atoms with Crippen molar-refractivity contribution >= 4 is 17.5 Å². The molecule has 0 aliphatic carbocycles. The van der Waals surface area contributed by atoms with Gasteiger partial charge in [-0.3, -0.25) is 14.6 Å². The second-order valence-electron chi connectivity index (χ2n) is 4.95. The number of aromatic nitrogens is 1. The minimum absolute atomic E-state index is 0.119. The van der Waals surface area contributed by atoms with E-state index < -0.39 is 0 Å². The molecule has 2 heterocycles. The van der Waals surface area contributed by atoms with Gasteiger partial charge in [0.1, 0.15) is 0 Å². The number of nitrogens with zero attached hydrogens (tertiary/aromatic N) is 2. The number of hydrogen-bond acceptors (Lipinski definition) is 4. The van der Waals surface area contributed by atoms with Crippen LogP contribution in [0.15, 0.2) is 18.3 Å². The van der Waals surface area contributed by atoms with Crippen molar-refractivity contribution < 1.29 is 9.59 Å². The molecule has 0 atom stereocenters. The van der Waals surface area contributed by atoms with E-state index in [-0.39, 0.29) is 18.2 Å². The molecule has 1 saturated heterocycles. The van der Waals surface area contributed by atoms with Crippen LogP contribution >= 0.6 is 0 Å². The Morgan fingerprint density at radius 2 is 2.05 bits per heavy atom. The summed E-state index contributed by atoms with van der Waals surface area (Å²) >= 11 is 0. The predicted molar refractivity (Wildman–Crippen MR) is 75.8 cm³/mol. The van der Waals surface area contributed by atoms with Gasteiger partial charge >= 0.3 is 0 Å². The molecular formula is C14H20N4O2. The van der Waals surface area contributed by atoms with Gasteiger partial charge in [-0.25, -0.2) is 0 Å². The Morgan fingerprint density at radius 3 is 2.70 bits per heavy atom. The summed E-state index contributed by atoms with van der Waals surface area (Å²) in [4.78, 5) is 29.4. The van der Waals surface area contributed by atoms with Crippen LogP contribution in [-0.2, 0) is 16.0 Å². The number of anilines is 1. The van der Waals surface area contributed by atoms with Crippen LogP contribution in [0.25, 0.3) is 0 Å². The second-order valence-corrected chi connectivity index (χ2v) is 4.95. The molecule has 1 aromatic heterocycles. The molecule has 1 aliphatic heterocycles. The van der Waals surface area contributed by atoms with Crippen LogP contribution in [0.1, 0.15) is 25.0 Å². The molecular weight excluding hydrogens is 256 g/mol. The van der Waals surface area contributed by atoms with Gasteiger partial charge in [0.15, 0.2) is 0 Å². The molecule has 3 N–H and O–H groups in total. The summed E-state index contributed by atoms with van der Waals surface area (Å²) < 4.78 is 0. The first-order chi connectivity index (χ1) is 9.65. The largest absolute Gasteiger partial charge is 0.397 e. The quantitative estimate of drug-likeness (QED) is 0.811. The first kappa shape index (κ1) is 14.3. The van der Waals surface area contributed by atoms with E-state index in [0.29, 0.717) is 24.3 Å². The van der Waals surface area contributed by atoms with Crippen LogP contribution < -0.4 is 11.1 Å². The summed E-state index contributed by atoms with van der Waals surface area (Å²) in [7, 11) is 0. The molecule has 0 unspecified atom stereocenters. The minimum Gasteiger partial charge on any atom is -0.397 e. The summed E-state index contributed by atoms with van der Waals surface area (Å²) in [6.07, 6.45) is 4.26. The standard InChI is InChI=1S/C14H20N4O2/c15-11-3-4-12(17-10-11)9-13(19)16-6-5-14(20)18-7-1-2-8-18/h3-4,10H,1-2,5-9,15H2,(H,16,19). The maximum Gasteiger partial charge on any atom is 0.226 e. The summed E-state index contributed by atoms with van der Waals surface area (Å²) in [5, 5.41) is 2.74. The minimum atomic E-state index is -0.128. The smallest absolute Gasteiger partial charge is 0.226 e. The Bertz CT molecular complexity index is 467. The molecule has 0 saturated carbocycles. The lowest BCUT2D eigenvalue weighted by Crippen LogP contribution is -2.33. The van der Waals surface area contributed by atoms with E-state index in [4.69, 9.17) is 5.73 Å². The van der Waals surface area contributed by atoms with E-state index in [2.05, 4.69) is 10.3 Å². The van der Waals surface area contributed by atoms with Crippen molar-refractivity contribution in [1.29, 1.82) is 0 Å². The molecule has 0 spiro atoms. The number of carbonyl (C=O) groups is 2. The molecule has 2 amide bonds. The van der Waals surface area contributed by atoms with E-state index in [9.17, 15) is 9.59 Å². The molecule has 0 bridgehead atoms. The van der Waals surface area contributed by atoms with Gasteiger partial charge in [0, 0.05) is 31.7 Å². The molecule has 6 nitrogen and oxygen atoms in total. The van der Waals surface area contributed by atoms with E-state index in [1.54, 1.807) is 12.1 Å². The van der Waals surface area contributed by atoms with Crippen LogP contribution in [-0.4, -0.2) is 41.3 Å². The van der Waals surface area contributed by atoms with Crippen molar-refractivity contribution in [3.8, 4) is 0 Å². The van der Waals surface area contributed by atoms with Gasteiger partial charge in [0.05, 0.1) is 18.3 Å². The summed E-state index contributed by atoms with van der Waals surface area (Å²) in [6, 6.07) is 3.44. The van der Waals surface area contributed by atoms with E-state index in [1.807, 2.05) is 4.90 Å². The van der Waals surface area contributed by atoms with Crippen LogP contribution in [0.3, 0.4) is 0 Å². The highest BCUT2D eigenvalue weighted by Crippen LogP contribution is 2.08. The number of amides is 2. The molecule has 0 aromatic carbocycles. The van der Waals surface area contributed by atoms with Crippen LogP contribution in [0.4, 0.5) is 5.69 Å². The number of nitrogen functional groups attached to an aromatic ring is 1. The summed E-state index contributed by atoms with van der Waals surface area (Å²) in [5.41, 5.74) is 6.77. The van der Waals surface area contributed by atoms with E-state index in [0.717, 1.165) is 25.9 Å². The predicted octanol–water partition coefficient (Wildman–Crippen LogP) is 0.335. The first-order valence-electron chi connectivity index (χ1n) is 6.90. The van der Waals surface area contributed by atoms with Crippen LogP contribution in [0, 0.1) is 0 Å². The van der Waals surface area contributed by atoms with Gasteiger partial charge in [0.25, 0.3) is 0 Å². The average Bonchev–Trinajstić information content (AvgIpc) is 2.95. The molecule has 1 fully saturated rings. The Balaban J connectivity index is 1.67. The molecule has 20 heavy (non-hydrogen) atoms. The van der Waals surface area contributed by atoms with Gasteiger partial charge in [-0.1, -0.05) is 0 Å². The fourth-order valence-electron chi connectivity index (χ4n) is 2.20. The zero-order valence-corrected chi connectivity index (χ0v) is 11.5. The normalized spacial score (nSPS) is 14.3. The van der Waals surface area contributed by atoms with Crippen molar-refractivity contribution in [3.05, 3.63) is 24.0 Å². The lowest BCUT2D eigenvalue weighted by Gasteiger charge is -2.15. The van der Waals surface area contributed by atoms with Crippen LogP contribution in [0.2, 0.25) is 0 Å². The highest BCUT2D eigenvalue weighted by molar-refractivity contribution is 5.80. The Kier molecular flexibility index (Phi) is 4.92. The highest BCUT2D eigenvalue weighted by Gasteiger charge is 2.17. The molecule has 2 rings (SSSR count). The fourth-order valence-corrected chi connectivity index (χ4v) is 2.20. The zero-order chi connectivity index (χ0) is 14.4. The molecule has 0 radical (unpaired) electrons. The lowest BCUT2D eigenvalue weighted by molar-refractivity contribution is -0.130. The van der Waals surface area contributed by atoms with Gasteiger partial charge in [-0.2, -0.15) is 0 Å². The van der Waals surface area contributed by atoms with Gasteiger partial charge in [0.2, 0.25) is 11.8 Å². The number of nitrogens with one attached hydrogen (secondary N) is 1. The molecule has 108 valence electrons. The monoisotopic (exact) mass is 276 g/mol. The lowest BCUT2D eigenvalue weighted by atomic mass is 10.2. The maximum atomic E-state index is 11.8. The van der Waals surface area contributed by atoms with Crippen molar-refractivity contribution in [2.75, 3.05) is 25.4 Å². The number of likely N-dealkylation sites (tertiary alicyclic amines) is 1.